The minimum Gasteiger partial charge on any atom is -0.389 e. The van der Waals surface area contributed by atoms with Crippen molar-refractivity contribution < 1.29 is 9.50 Å². The Morgan fingerprint density at radius 3 is 2.44 bits per heavy atom. The monoisotopic (exact) mass is 326 g/mol. The summed E-state index contributed by atoms with van der Waals surface area (Å²) in [5, 5.41) is 9.66. The molecule has 0 radical (unpaired) electrons. The van der Waals surface area contributed by atoms with Gasteiger partial charge in [0.2, 0.25) is 0 Å². The van der Waals surface area contributed by atoms with Gasteiger partial charge in [-0.2, -0.15) is 0 Å². The number of rotatable bonds is 3. The van der Waals surface area contributed by atoms with Crippen LogP contribution in [0.1, 0.15) is 18.6 Å². The molecule has 2 aromatic carbocycles. The van der Waals surface area contributed by atoms with Gasteiger partial charge in [0, 0.05) is 14.3 Å². The van der Waals surface area contributed by atoms with Crippen LogP contribution in [0.15, 0.2) is 56.7 Å². The summed E-state index contributed by atoms with van der Waals surface area (Å²) in [6.07, 6.45) is -0.682. The van der Waals surface area contributed by atoms with E-state index >= 15 is 0 Å². The Bertz CT molecular complexity index is 540. The highest BCUT2D eigenvalue weighted by atomic mass is 79.9. The molecule has 1 nitrogen and oxygen atoms in total. The van der Waals surface area contributed by atoms with Crippen LogP contribution in [0.3, 0.4) is 0 Å². The standard InChI is InChI=1S/C14H12BrFOS/c1-9(17)13-8-11(16)4-7-14(13)18-12-5-2-10(15)3-6-12/h2-9,17H,1H3/t9-/m0/s1. The molecule has 0 saturated heterocycles. The summed E-state index contributed by atoms with van der Waals surface area (Å²) in [4.78, 5) is 1.92. The van der Waals surface area contributed by atoms with Gasteiger partial charge < -0.3 is 5.11 Å². The van der Waals surface area contributed by atoms with Crippen molar-refractivity contribution in [2.45, 2.75) is 22.8 Å². The molecule has 0 amide bonds. The summed E-state index contributed by atoms with van der Waals surface area (Å²) < 4.78 is 14.2. The van der Waals surface area contributed by atoms with E-state index in [9.17, 15) is 9.50 Å². The van der Waals surface area contributed by atoms with E-state index in [0.29, 0.717) is 5.56 Å². The van der Waals surface area contributed by atoms with Crippen molar-refractivity contribution in [3.05, 3.63) is 58.3 Å². The average molecular weight is 327 g/mol. The molecule has 0 aromatic heterocycles. The third-order valence-electron chi connectivity index (χ3n) is 2.46. The van der Waals surface area contributed by atoms with Gasteiger partial charge in [-0.3, -0.25) is 0 Å². The first-order chi connectivity index (χ1) is 8.56. The Hall–Kier alpha value is -0.840. The molecule has 0 saturated carbocycles. The molecular weight excluding hydrogens is 315 g/mol. The quantitative estimate of drug-likeness (QED) is 0.874. The van der Waals surface area contributed by atoms with Gasteiger partial charge >= 0.3 is 0 Å². The molecule has 1 N–H and O–H groups in total. The molecule has 0 bridgehead atoms. The first-order valence-electron chi connectivity index (χ1n) is 5.47. The van der Waals surface area contributed by atoms with Crippen LogP contribution in [0.2, 0.25) is 0 Å². The van der Waals surface area contributed by atoms with Crippen molar-refractivity contribution in [3.63, 3.8) is 0 Å². The van der Waals surface area contributed by atoms with E-state index in [4.69, 9.17) is 0 Å². The average Bonchev–Trinajstić information content (AvgIpc) is 2.34. The summed E-state index contributed by atoms with van der Waals surface area (Å²) >= 11 is 4.89. The first-order valence-corrected chi connectivity index (χ1v) is 7.08. The lowest BCUT2D eigenvalue weighted by Gasteiger charge is -2.11. The predicted molar refractivity (Wildman–Crippen MR) is 75.3 cm³/mol. The third-order valence-corrected chi connectivity index (χ3v) is 4.09. The van der Waals surface area contributed by atoms with Crippen LogP contribution in [0.25, 0.3) is 0 Å². The summed E-state index contributed by atoms with van der Waals surface area (Å²) in [7, 11) is 0. The zero-order valence-corrected chi connectivity index (χ0v) is 12.1. The van der Waals surface area contributed by atoms with E-state index in [1.165, 1.54) is 23.9 Å². The fourth-order valence-electron chi connectivity index (χ4n) is 1.57. The molecule has 1 atom stereocenters. The molecule has 4 heteroatoms. The maximum Gasteiger partial charge on any atom is 0.123 e. The number of aliphatic hydroxyl groups is 1. The largest absolute Gasteiger partial charge is 0.389 e. The van der Waals surface area contributed by atoms with Crippen molar-refractivity contribution >= 4 is 27.7 Å². The van der Waals surface area contributed by atoms with Crippen molar-refractivity contribution in [1.82, 2.24) is 0 Å². The first kappa shape index (κ1) is 13.6. The van der Waals surface area contributed by atoms with Crippen molar-refractivity contribution in [1.29, 1.82) is 0 Å². The zero-order chi connectivity index (χ0) is 13.1. The van der Waals surface area contributed by atoms with Crippen molar-refractivity contribution in [3.8, 4) is 0 Å². The Labute approximate surface area is 118 Å². The van der Waals surface area contributed by atoms with Crippen LogP contribution in [0.4, 0.5) is 4.39 Å². The van der Waals surface area contributed by atoms with Crippen molar-refractivity contribution in [2.75, 3.05) is 0 Å². The zero-order valence-electron chi connectivity index (χ0n) is 9.73. The molecular formula is C14H12BrFOS. The van der Waals surface area contributed by atoms with Gasteiger partial charge in [-0.25, -0.2) is 4.39 Å². The Kier molecular flexibility index (Phi) is 4.43. The fourth-order valence-corrected chi connectivity index (χ4v) is 2.84. The van der Waals surface area contributed by atoms with E-state index in [0.717, 1.165) is 14.3 Å². The van der Waals surface area contributed by atoms with Gasteiger partial charge in [-0.15, -0.1) is 0 Å². The maximum atomic E-state index is 13.2. The number of hydrogen-bond acceptors (Lipinski definition) is 2. The lowest BCUT2D eigenvalue weighted by Crippen LogP contribution is -1.95. The molecule has 0 fully saturated rings. The minimum atomic E-state index is -0.682. The highest BCUT2D eigenvalue weighted by Crippen LogP contribution is 2.34. The van der Waals surface area contributed by atoms with Gasteiger partial charge in [0.15, 0.2) is 0 Å². The van der Waals surface area contributed by atoms with Gasteiger partial charge in [-0.05, 0) is 55.0 Å². The molecule has 0 aliphatic carbocycles. The van der Waals surface area contributed by atoms with Gasteiger partial charge in [0.1, 0.15) is 5.82 Å². The van der Waals surface area contributed by atoms with Crippen molar-refractivity contribution in [2.24, 2.45) is 0 Å². The molecule has 18 heavy (non-hydrogen) atoms. The highest BCUT2D eigenvalue weighted by Gasteiger charge is 2.10. The second kappa shape index (κ2) is 5.87. The van der Waals surface area contributed by atoms with Crippen LogP contribution < -0.4 is 0 Å². The minimum absolute atomic E-state index is 0.328. The Morgan fingerprint density at radius 2 is 1.83 bits per heavy atom. The summed E-state index contributed by atoms with van der Waals surface area (Å²) in [6, 6.07) is 12.3. The number of benzene rings is 2. The molecule has 0 heterocycles. The van der Waals surface area contributed by atoms with Gasteiger partial charge in [-0.1, -0.05) is 27.7 Å². The van der Waals surface area contributed by atoms with E-state index in [2.05, 4.69) is 15.9 Å². The Balaban J connectivity index is 2.31. The summed E-state index contributed by atoms with van der Waals surface area (Å²) in [6.45, 7) is 1.64. The third kappa shape index (κ3) is 3.34. The van der Waals surface area contributed by atoms with E-state index in [1.807, 2.05) is 24.3 Å². The Morgan fingerprint density at radius 1 is 1.17 bits per heavy atom. The summed E-state index contributed by atoms with van der Waals surface area (Å²) in [5.41, 5.74) is 0.614. The van der Waals surface area contributed by atoms with Crippen LogP contribution >= 0.6 is 27.7 Å². The normalized spacial score (nSPS) is 12.4. The SMILES string of the molecule is C[C@H](O)c1cc(F)ccc1Sc1ccc(Br)cc1. The second-order valence-corrected chi connectivity index (χ2v) is 5.95. The molecule has 94 valence electrons. The lowest BCUT2D eigenvalue weighted by atomic mass is 10.1. The molecule has 2 aromatic rings. The van der Waals surface area contributed by atoms with Crippen LogP contribution in [-0.4, -0.2) is 5.11 Å². The highest BCUT2D eigenvalue weighted by molar-refractivity contribution is 9.10. The molecule has 0 spiro atoms. The number of aliphatic hydroxyl groups excluding tert-OH is 1. The molecule has 0 unspecified atom stereocenters. The van der Waals surface area contributed by atoms with E-state index < -0.39 is 6.10 Å². The summed E-state index contributed by atoms with van der Waals surface area (Å²) in [5.74, 6) is -0.328. The van der Waals surface area contributed by atoms with Crippen LogP contribution in [0.5, 0.6) is 0 Å². The fraction of sp³-hybridized carbons (Fsp3) is 0.143. The topological polar surface area (TPSA) is 20.2 Å². The maximum absolute atomic E-state index is 13.2. The van der Waals surface area contributed by atoms with Gasteiger partial charge in [0.05, 0.1) is 6.10 Å². The molecule has 0 aliphatic rings. The van der Waals surface area contributed by atoms with Crippen LogP contribution in [0, 0.1) is 5.82 Å². The van der Waals surface area contributed by atoms with Crippen LogP contribution in [-0.2, 0) is 0 Å². The second-order valence-electron chi connectivity index (χ2n) is 3.91. The smallest absolute Gasteiger partial charge is 0.123 e. The van der Waals surface area contributed by atoms with E-state index in [-0.39, 0.29) is 5.82 Å². The molecule has 0 aliphatic heterocycles. The van der Waals surface area contributed by atoms with Gasteiger partial charge in [0.25, 0.3) is 0 Å². The lowest BCUT2D eigenvalue weighted by molar-refractivity contribution is 0.196. The number of halogens is 2. The predicted octanol–water partition coefficient (Wildman–Crippen LogP) is 4.79. The molecule has 2 rings (SSSR count). The number of hydrogen-bond donors (Lipinski definition) is 1. The van der Waals surface area contributed by atoms with E-state index in [1.54, 1.807) is 13.0 Å².